The van der Waals surface area contributed by atoms with Crippen LogP contribution >= 0.6 is 0 Å². The lowest BCUT2D eigenvalue weighted by atomic mass is 9.90. The highest BCUT2D eigenvalue weighted by Gasteiger charge is 2.27. The van der Waals surface area contributed by atoms with Gasteiger partial charge in [0, 0.05) is 30.4 Å². The number of nitrogens with zero attached hydrogens (tertiary/aromatic N) is 7. The highest BCUT2D eigenvalue weighted by molar-refractivity contribution is 5.77. The summed E-state index contributed by atoms with van der Waals surface area (Å²) in [6.45, 7) is 8.16. The Labute approximate surface area is 236 Å². The van der Waals surface area contributed by atoms with Crippen LogP contribution in [0.3, 0.4) is 0 Å². The first-order valence-electron chi connectivity index (χ1n) is 13.2. The zero-order valence-corrected chi connectivity index (χ0v) is 23.1. The molecule has 5 rings (SSSR count). The van der Waals surface area contributed by atoms with Crippen molar-refractivity contribution in [3.63, 3.8) is 0 Å². The summed E-state index contributed by atoms with van der Waals surface area (Å²) in [5.74, 6) is 2.79. The van der Waals surface area contributed by atoms with Gasteiger partial charge in [-0.3, -0.25) is 9.67 Å². The second kappa shape index (κ2) is 11.9. The standard InChI is InChI=1S/C29H31F2N9O/c1-5-6-9-20(19(2)21-17-32-33-18-21)16-29(3,4)38-26-35-27(39-12-14-41-15-13-39)37-28(36-26)40-23-11-8-7-10-22(23)34-25(40)24(30)31/h1,6-11,17-18,24H,12-16H2,2-4H3,(H,32,33)(H,35,36,37,38)/b9-6-,20-19-. The Morgan fingerprint density at radius 1 is 1.17 bits per heavy atom. The number of fused-ring (bicyclic) bond motifs is 1. The largest absolute Gasteiger partial charge is 0.378 e. The number of benzene rings is 1. The number of alkyl halides is 2. The molecule has 212 valence electrons. The van der Waals surface area contributed by atoms with Crippen molar-refractivity contribution < 1.29 is 13.5 Å². The number of anilines is 2. The number of morpholine rings is 1. The molecule has 2 N–H and O–H groups in total. The number of allylic oxidation sites excluding steroid dienone is 3. The summed E-state index contributed by atoms with van der Waals surface area (Å²) in [4.78, 5) is 20.1. The lowest BCUT2D eigenvalue weighted by molar-refractivity contribution is 0.122. The maximum Gasteiger partial charge on any atom is 0.296 e. The summed E-state index contributed by atoms with van der Waals surface area (Å²) in [7, 11) is 0. The highest BCUT2D eigenvalue weighted by Crippen LogP contribution is 2.30. The number of ether oxygens (including phenoxy) is 1. The van der Waals surface area contributed by atoms with E-state index in [-0.39, 0.29) is 11.9 Å². The maximum absolute atomic E-state index is 14.2. The predicted molar refractivity (Wildman–Crippen MR) is 154 cm³/mol. The molecular formula is C29H31F2N9O. The van der Waals surface area contributed by atoms with Crippen LogP contribution in [-0.2, 0) is 4.74 Å². The van der Waals surface area contributed by atoms with Crippen molar-refractivity contribution >= 4 is 28.5 Å². The van der Waals surface area contributed by atoms with Crippen LogP contribution < -0.4 is 10.2 Å². The van der Waals surface area contributed by atoms with Crippen LogP contribution in [0.15, 0.2) is 54.4 Å². The minimum atomic E-state index is -2.83. The molecule has 12 heteroatoms. The minimum Gasteiger partial charge on any atom is -0.378 e. The lowest BCUT2D eigenvalue weighted by Crippen LogP contribution is -2.38. The van der Waals surface area contributed by atoms with E-state index in [0.29, 0.717) is 49.7 Å². The lowest BCUT2D eigenvalue weighted by Gasteiger charge is -2.30. The zero-order chi connectivity index (χ0) is 29.0. The first kappa shape index (κ1) is 27.9. The number of nitrogens with one attached hydrogen (secondary N) is 2. The molecule has 1 saturated heterocycles. The van der Waals surface area contributed by atoms with Gasteiger partial charge in [-0.1, -0.05) is 24.1 Å². The number of hydrogen-bond donors (Lipinski definition) is 2. The average Bonchev–Trinajstić information content (AvgIpc) is 3.64. The molecule has 4 aromatic rings. The smallest absolute Gasteiger partial charge is 0.296 e. The molecule has 1 aliphatic heterocycles. The van der Waals surface area contributed by atoms with Crippen molar-refractivity contribution in [2.24, 2.45) is 0 Å². The van der Waals surface area contributed by atoms with Crippen LogP contribution in [0.25, 0.3) is 22.6 Å². The zero-order valence-electron chi connectivity index (χ0n) is 23.1. The van der Waals surface area contributed by atoms with E-state index in [2.05, 4.69) is 36.4 Å². The van der Waals surface area contributed by atoms with E-state index in [9.17, 15) is 8.78 Å². The van der Waals surface area contributed by atoms with Crippen molar-refractivity contribution in [2.45, 2.75) is 39.2 Å². The molecule has 4 heterocycles. The fraction of sp³-hybridized carbons (Fsp3) is 0.345. The Kier molecular flexibility index (Phi) is 8.07. The van der Waals surface area contributed by atoms with Gasteiger partial charge in [-0.2, -0.15) is 20.1 Å². The molecule has 1 aromatic carbocycles. The molecule has 1 aliphatic rings. The molecule has 0 saturated carbocycles. The molecule has 0 bridgehead atoms. The number of imidazole rings is 1. The molecule has 0 amide bonds. The molecule has 0 aliphatic carbocycles. The number of H-pyrrole nitrogens is 1. The quantitative estimate of drug-likeness (QED) is 0.219. The monoisotopic (exact) mass is 559 g/mol. The van der Waals surface area contributed by atoms with Crippen molar-refractivity contribution in [3.8, 4) is 18.3 Å². The van der Waals surface area contributed by atoms with E-state index in [1.54, 1.807) is 36.5 Å². The number of aromatic nitrogens is 7. The van der Waals surface area contributed by atoms with Gasteiger partial charge in [0.15, 0.2) is 5.82 Å². The molecule has 10 nitrogen and oxygen atoms in total. The molecule has 3 aromatic heterocycles. The summed E-state index contributed by atoms with van der Waals surface area (Å²) in [6.07, 6.45) is 10.4. The van der Waals surface area contributed by atoms with E-state index in [1.807, 2.05) is 37.9 Å². The van der Waals surface area contributed by atoms with Crippen LogP contribution in [0.2, 0.25) is 0 Å². The highest BCUT2D eigenvalue weighted by atomic mass is 19.3. The first-order chi connectivity index (χ1) is 19.8. The number of para-hydroxylation sites is 2. The number of terminal acetylenes is 1. The summed E-state index contributed by atoms with van der Waals surface area (Å²) < 4.78 is 35.2. The van der Waals surface area contributed by atoms with Gasteiger partial charge in [0.2, 0.25) is 17.8 Å². The average molecular weight is 560 g/mol. The van der Waals surface area contributed by atoms with Crippen LogP contribution in [0.4, 0.5) is 20.7 Å². The van der Waals surface area contributed by atoms with Crippen molar-refractivity contribution in [1.82, 2.24) is 34.7 Å². The van der Waals surface area contributed by atoms with Crippen molar-refractivity contribution in [1.29, 1.82) is 0 Å². The first-order valence-corrected chi connectivity index (χ1v) is 13.2. The number of rotatable bonds is 9. The number of halogens is 2. The summed E-state index contributed by atoms with van der Waals surface area (Å²) in [6, 6.07) is 6.92. The predicted octanol–water partition coefficient (Wildman–Crippen LogP) is 4.95. The fourth-order valence-corrected chi connectivity index (χ4v) is 4.75. The maximum atomic E-state index is 14.2. The molecule has 0 spiro atoms. The van der Waals surface area contributed by atoms with Gasteiger partial charge in [0.05, 0.1) is 30.4 Å². The summed E-state index contributed by atoms with van der Waals surface area (Å²) in [5, 5.41) is 10.3. The molecular weight excluding hydrogens is 528 g/mol. The molecule has 0 unspecified atom stereocenters. The van der Waals surface area contributed by atoms with E-state index in [4.69, 9.17) is 16.1 Å². The van der Waals surface area contributed by atoms with Gasteiger partial charge in [-0.15, -0.1) is 6.42 Å². The van der Waals surface area contributed by atoms with Crippen molar-refractivity contribution in [2.75, 3.05) is 36.5 Å². The van der Waals surface area contributed by atoms with Gasteiger partial charge in [-0.05, 0) is 56.5 Å². The van der Waals surface area contributed by atoms with Gasteiger partial charge >= 0.3 is 0 Å². The van der Waals surface area contributed by atoms with Gasteiger partial charge < -0.3 is 15.0 Å². The van der Waals surface area contributed by atoms with Crippen LogP contribution in [-0.4, -0.2) is 66.5 Å². The van der Waals surface area contributed by atoms with Crippen LogP contribution in [0, 0.1) is 12.3 Å². The van der Waals surface area contributed by atoms with Gasteiger partial charge in [0.1, 0.15) is 0 Å². The Balaban J connectivity index is 1.57. The Morgan fingerprint density at radius 2 is 1.93 bits per heavy atom. The third-order valence-corrected chi connectivity index (χ3v) is 6.76. The van der Waals surface area contributed by atoms with E-state index < -0.39 is 17.8 Å². The second-order valence-electron chi connectivity index (χ2n) is 10.3. The number of aromatic amines is 1. The SMILES string of the molecule is C#C/C=C\C(CC(C)(C)Nc1nc(N2CCOCC2)nc(-n2c(C(F)F)nc3ccccc32)n1)=C(/C)c1cn[nH]c1. The Morgan fingerprint density at radius 3 is 2.63 bits per heavy atom. The van der Waals surface area contributed by atoms with Gasteiger partial charge in [-0.25, -0.2) is 13.8 Å². The minimum absolute atomic E-state index is 0.0568. The topological polar surface area (TPSA) is 110 Å². The normalized spacial score (nSPS) is 15.0. The molecule has 41 heavy (non-hydrogen) atoms. The van der Waals surface area contributed by atoms with E-state index >= 15 is 0 Å². The summed E-state index contributed by atoms with van der Waals surface area (Å²) in [5.41, 5.74) is 3.27. The Bertz CT molecular complexity index is 1610. The molecule has 0 radical (unpaired) electrons. The molecule has 1 fully saturated rings. The summed E-state index contributed by atoms with van der Waals surface area (Å²) >= 11 is 0. The second-order valence-corrected chi connectivity index (χ2v) is 10.3. The van der Waals surface area contributed by atoms with Crippen LogP contribution in [0.5, 0.6) is 0 Å². The number of hydrogen-bond acceptors (Lipinski definition) is 8. The van der Waals surface area contributed by atoms with Crippen molar-refractivity contribution in [3.05, 3.63) is 65.8 Å². The van der Waals surface area contributed by atoms with Gasteiger partial charge in [0.25, 0.3) is 6.43 Å². The van der Waals surface area contributed by atoms with E-state index in [1.165, 1.54) is 4.57 Å². The Hall–Kier alpha value is -4.63. The van der Waals surface area contributed by atoms with E-state index in [0.717, 1.165) is 16.7 Å². The fourth-order valence-electron chi connectivity index (χ4n) is 4.75. The third-order valence-electron chi connectivity index (χ3n) is 6.76. The van der Waals surface area contributed by atoms with Crippen LogP contribution in [0.1, 0.15) is 45.0 Å². The molecule has 0 atom stereocenters. The third kappa shape index (κ3) is 6.25.